The third-order valence-electron chi connectivity index (χ3n) is 2.91. The van der Waals surface area contributed by atoms with Crippen LogP contribution in [-0.4, -0.2) is 5.92 Å². The van der Waals surface area contributed by atoms with Gasteiger partial charge >= 0.3 is 0 Å². The molecule has 90 valence electrons. The van der Waals surface area contributed by atoms with Crippen molar-refractivity contribution in [1.29, 1.82) is 5.26 Å². The van der Waals surface area contributed by atoms with Gasteiger partial charge in [-0.15, -0.1) is 0 Å². The fourth-order valence-electron chi connectivity index (χ4n) is 2.11. The Labute approximate surface area is 95.7 Å². The minimum atomic E-state index is -2.63. The summed E-state index contributed by atoms with van der Waals surface area (Å²) in [4.78, 5) is 0. The summed E-state index contributed by atoms with van der Waals surface area (Å²) in [5, 5.41) is 8.47. The first kappa shape index (κ1) is 11.9. The summed E-state index contributed by atoms with van der Waals surface area (Å²) in [6.45, 7) is 0. The molecule has 1 aromatic rings. The maximum atomic E-state index is 13.2. The van der Waals surface area contributed by atoms with Crippen LogP contribution in [0.5, 0.6) is 0 Å². The summed E-state index contributed by atoms with van der Waals surface area (Å²) in [5.41, 5.74) is -0.313. The molecule has 0 saturated heterocycles. The van der Waals surface area contributed by atoms with Crippen molar-refractivity contribution in [2.75, 3.05) is 0 Å². The number of alkyl halides is 2. The molecule has 0 atom stereocenters. The second-order valence-corrected chi connectivity index (χ2v) is 4.38. The molecular weight excluding hydrogens is 234 g/mol. The number of nitriles is 1. The van der Waals surface area contributed by atoms with E-state index in [1.165, 1.54) is 6.07 Å². The average molecular weight is 243 g/mol. The second kappa shape index (κ2) is 4.02. The lowest BCUT2D eigenvalue weighted by atomic mass is 9.77. The molecule has 1 aliphatic rings. The topological polar surface area (TPSA) is 23.8 Å². The minimum Gasteiger partial charge on any atom is -0.207 e. The number of rotatable bonds is 2. The first-order valence-corrected chi connectivity index (χ1v) is 5.17. The first-order chi connectivity index (χ1) is 7.91. The van der Waals surface area contributed by atoms with Crippen LogP contribution in [0.1, 0.15) is 24.0 Å². The smallest absolute Gasteiger partial charge is 0.207 e. The Bertz CT molecular complexity index is 459. The predicted octanol–water partition coefficient (Wildman–Crippen LogP) is 3.42. The Balaban J connectivity index is 2.11. The zero-order valence-electron chi connectivity index (χ0n) is 8.81. The van der Waals surface area contributed by atoms with Crippen LogP contribution in [0, 0.1) is 28.9 Å². The van der Waals surface area contributed by atoms with Crippen molar-refractivity contribution >= 4 is 0 Å². The Hall–Kier alpha value is -1.57. The van der Waals surface area contributed by atoms with E-state index in [2.05, 4.69) is 0 Å². The second-order valence-electron chi connectivity index (χ2n) is 4.38. The zero-order chi connectivity index (χ0) is 12.6. The fourth-order valence-corrected chi connectivity index (χ4v) is 2.11. The van der Waals surface area contributed by atoms with Gasteiger partial charge in [-0.2, -0.15) is 5.26 Å². The number of nitrogens with zero attached hydrogens (tertiary/aromatic N) is 1. The Morgan fingerprint density at radius 2 is 1.76 bits per heavy atom. The monoisotopic (exact) mass is 243 g/mol. The maximum absolute atomic E-state index is 13.2. The van der Waals surface area contributed by atoms with Crippen molar-refractivity contribution in [2.24, 2.45) is 5.92 Å². The molecule has 0 aromatic heterocycles. The van der Waals surface area contributed by atoms with E-state index in [1.807, 2.05) is 0 Å². The van der Waals surface area contributed by atoms with Crippen molar-refractivity contribution in [3.8, 4) is 6.07 Å². The molecule has 0 unspecified atom stereocenters. The van der Waals surface area contributed by atoms with E-state index < -0.39 is 23.1 Å². The van der Waals surface area contributed by atoms with E-state index in [-0.39, 0.29) is 25.2 Å². The number of hydrogen-bond donors (Lipinski definition) is 0. The summed E-state index contributed by atoms with van der Waals surface area (Å²) in [6.07, 6.45) is -0.262. The fraction of sp³-hybridized carbons (Fsp3) is 0.417. The van der Waals surface area contributed by atoms with Gasteiger partial charge in [-0.3, -0.25) is 0 Å². The SMILES string of the molecule is N#Cc1c(F)cc(CC2CC(F)(F)C2)cc1F. The van der Waals surface area contributed by atoms with Crippen molar-refractivity contribution in [1.82, 2.24) is 0 Å². The lowest BCUT2D eigenvalue weighted by Gasteiger charge is -2.35. The van der Waals surface area contributed by atoms with Crippen LogP contribution in [0.2, 0.25) is 0 Å². The van der Waals surface area contributed by atoms with Crippen LogP contribution >= 0.6 is 0 Å². The van der Waals surface area contributed by atoms with E-state index in [0.29, 0.717) is 5.56 Å². The van der Waals surface area contributed by atoms with E-state index in [9.17, 15) is 17.6 Å². The predicted molar refractivity (Wildman–Crippen MR) is 52.4 cm³/mol. The highest BCUT2D eigenvalue weighted by Gasteiger charge is 2.44. The average Bonchev–Trinajstić information content (AvgIpc) is 2.14. The van der Waals surface area contributed by atoms with Crippen molar-refractivity contribution in [3.63, 3.8) is 0 Å². The van der Waals surface area contributed by atoms with Crippen LogP contribution in [0.15, 0.2) is 12.1 Å². The number of benzene rings is 1. The Morgan fingerprint density at radius 3 is 2.18 bits per heavy atom. The van der Waals surface area contributed by atoms with Gasteiger partial charge in [-0.05, 0) is 30.0 Å². The molecule has 1 aromatic carbocycles. The maximum Gasteiger partial charge on any atom is 0.248 e. The van der Waals surface area contributed by atoms with Gasteiger partial charge in [0.1, 0.15) is 23.3 Å². The van der Waals surface area contributed by atoms with Crippen molar-refractivity contribution < 1.29 is 17.6 Å². The van der Waals surface area contributed by atoms with E-state index in [1.54, 1.807) is 0 Å². The quantitative estimate of drug-likeness (QED) is 0.730. The summed E-state index contributed by atoms with van der Waals surface area (Å²) < 4.78 is 51.6. The van der Waals surface area contributed by atoms with Crippen LogP contribution in [0.25, 0.3) is 0 Å². The van der Waals surface area contributed by atoms with Gasteiger partial charge in [0.25, 0.3) is 0 Å². The van der Waals surface area contributed by atoms with Crippen LogP contribution < -0.4 is 0 Å². The summed E-state index contributed by atoms with van der Waals surface area (Å²) in [5.74, 6) is -4.74. The summed E-state index contributed by atoms with van der Waals surface area (Å²) in [6, 6.07) is 3.49. The van der Waals surface area contributed by atoms with Gasteiger partial charge in [0, 0.05) is 12.8 Å². The highest BCUT2D eigenvalue weighted by Crippen LogP contribution is 2.43. The Morgan fingerprint density at radius 1 is 1.24 bits per heavy atom. The molecular formula is C12H9F4N. The molecule has 1 saturated carbocycles. The standard InChI is InChI=1S/C12H9F4N/c13-10-2-7(3-11(14)9(10)6-17)1-8-4-12(15,16)5-8/h2-3,8H,1,4-5H2. The molecule has 17 heavy (non-hydrogen) atoms. The molecule has 0 heterocycles. The lowest BCUT2D eigenvalue weighted by molar-refractivity contribution is -0.109. The lowest BCUT2D eigenvalue weighted by Crippen LogP contribution is -2.36. The zero-order valence-corrected chi connectivity index (χ0v) is 8.81. The molecule has 0 spiro atoms. The third-order valence-corrected chi connectivity index (χ3v) is 2.91. The number of halogens is 4. The minimum absolute atomic E-state index is 0.217. The third kappa shape index (κ3) is 2.41. The molecule has 0 aliphatic heterocycles. The normalized spacial score (nSPS) is 18.5. The van der Waals surface area contributed by atoms with Gasteiger partial charge in [0.15, 0.2) is 0 Å². The molecule has 1 fully saturated rings. The van der Waals surface area contributed by atoms with E-state index >= 15 is 0 Å². The largest absolute Gasteiger partial charge is 0.248 e. The first-order valence-electron chi connectivity index (χ1n) is 5.17. The van der Waals surface area contributed by atoms with Gasteiger partial charge in [-0.25, -0.2) is 17.6 Å². The molecule has 0 N–H and O–H groups in total. The van der Waals surface area contributed by atoms with Crippen molar-refractivity contribution in [3.05, 3.63) is 34.9 Å². The number of hydrogen-bond acceptors (Lipinski definition) is 1. The Kier molecular flexibility index (Phi) is 2.82. The summed E-state index contributed by atoms with van der Waals surface area (Å²) >= 11 is 0. The van der Waals surface area contributed by atoms with Crippen LogP contribution in [-0.2, 0) is 6.42 Å². The van der Waals surface area contributed by atoms with Crippen molar-refractivity contribution in [2.45, 2.75) is 25.2 Å². The molecule has 1 aliphatic carbocycles. The van der Waals surface area contributed by atoms with E-state index in [4.69, 9.17) is 5.26 Å². The van der Waals surface area contributed by atoms with Crippen LogP contribution in [0.4, 0.5) is 17.6 Å². The molecule has 1 nitrogen and oxygen atoms in total. The van der Waals surface area contributed by atoms with Gasteiger partial charge in [0.05, 0.1) is 0 Å². The van der Waals surface area contributed by atoms with Gasteiger partial charge < -0.3 is 0 Å². The van der Waals surface area contributed by atoms with Crippen LogP contribution in [0.3, 0.4) is 0 Å². The molecule has 5 heteroatoms. The van der Waals surface area contributed by atoms with E-state index in [0.717, 1.165) is 12.1 Å². The highest BCUT2D eigenvalue weighted by molar-refractivity contribution is 5.35. The summed E-state index contributed by atoms with van der Waals surface area (Å²) in [7, 11) is 0. The highest BCUT2D eigenvalue weighted by atomic mass is 19.3. The molecule has 2 rings (SSSR count). The van der Waals surface area contributed by atoms with Gasteiger partial charge in [-0.1, -0.05) is 0 Å². The molecule has 0 bridgehead atoms. The molecule has 0 amide bonds. The van der Waals surface area contributed by atoms with Gasteiger partial charge in [0.2, 0.25) is 5.92 Å². The molecule has 0 radical (unpaired) electrons.